The van der Waals surface area contributed by atoms with Gasteiger partial charge in [0.1, 0.15) is 72.1 Å². The van der Waals surface area contributed by atoms with E-state index in [-0.39, 0.29) is 43.4 Å². The molecule has 0 aromatic heterocycles. The van der Waals surface area contributed by atoms with E-state index in [0.29, 0.717) is 6.42 Å². The van der Waals surface area contributed by atoms with E-state index in [9.17, 15) is 43.2 Å². The smallest absolute Gasteiger partial charge is 0.410 e. The van der Waals surface area contributed by atoms with Gasteiger partial charge in [-0.15, -0.1) is 6.58 Å². The first kappa shape index (κ1) is 83.2. The van der Waals surface area contributed by atoms with Crippen molar-refractivity contribution in [1.29, 1.82) is 0 Å². The number of ether oxygens (including phenoxy) is 3. The number of nitrogens with zero attached hydrogens (tertiary/aromatic N) is 8. The lowest BCUT2D eigenvalue weighted by Crippen LogP contribution is -2.65. The van der Waals surface area contributed by atoms with Gasteiger partial charge in [0.25, 0.3) is 0 Å². The lowest BCUT2D eigenvalue weighted by molar-refractivity contribution is -0.160. The zero-order valence-corrected chi connectivity index (χ0v) is 61.8. The molecule has 2 fully saturated rings. The maximum Gasteiger partial charge on any atom is 0.410 e. The Morgan fingerprint density at radius 1 is 0.734 bits per heavy atom. The minimum absolute atomic E-state index is 0.0962. The van der Waals surface area contributed by atoms with Crippen LogP contribution >= 0.6 is 0 Å². The highest BCUT2D eigenvalue weighted by molar-refractivity contribution is 6.00. The lowest BCUT2D eigenvalue weighted by atomic mass is 9.82. The molecule has 2 aliphatic heterocycles. The first-order valence-corrected chi connectivity index (χ1v) is 33.4. The Bertz CT molecular complexity index is 2700. The van der Waals surface area contributed by atoms with Crippen LogP contribution in [-0.2, 0) is 67.0 Å². The highest BCUT2D eigenvalue weighted by Crippen LogP contribution is 2.32. The van der Waals surface area contributed by atoms with Crippen molar-refractivity contribution in [1.82, 2.24) is 55.1 Å². The fourth-order valence-electron chi connectivity index (χ4n) is 12.5. The van der Waals surface area contributed by atoms with Crippen molar-refractivity contribution in [3.05, 3.63) is 12.7 Å². The predicted octanol–water partition coefficient (Wildman–Crippen LogP) is 4.84. The summed E-state index contributed by atoms with van der Waals surface area (Å²) in [7, 11) is 11.2. The zero-order valence-electron chi connectivity index (χ0n) is 61.8. The van der Waals surface area contributed by atoms with Crippen LogP contribution in [0, 0.1) is 29.1 Å². The number of methoxy groups -OCH3 is 1. The Balaban J connectivity index is 2.74. The third-order valence-corrected chi connectivity index (χ3v) is 18.5. The molecule has 0 aliphatic carbocycles. The van der Waals surface area contributed by atoms with E-state index in [2.05, 4.69) is 22.5 Å². The van der Waals surface area contributed by atoms with Crippen LogP contribution < -0.4 is 16.0 Å². The van der Waals surface area contributed by atoms with Crippen LogP contribution in [0.25, 0.3) is 0 Å². The Labute approximate surface area is 560 Å². The van der Waals surface area contributed by atoms with Gasteiger partial charge in [0.2, 0.25) is 59.1 Å². The largest absolute Gasteiger partial charge is 0.467 e. The SMILES string of the molecule is C=CC(C)(C)[C@@H](C(=O)N[C@H](C(=O)N(C)[C@@H](CC(C)C)C(=O)N[C@@H](C)C(=O)N1C(C)C[C@@H](C(=O)N(C)[C@@H]2C(=O)N(C)[C@H](C(=O)N[C@@H](CC)C(=O)OC)[C@@H]([C@H](C)CCCC)OC2C)N(C)C(=O)[C@H](CC(C)C)N(C)C(=O)[C@H]1C)C(C)C)N(C)C(=O)[C@@H](C)N(C)C(=O)OC(C)(C)C. The Morgan fingerprint density at radius 2 is 1.31 bits per heavy atom. The van der Waals surface area contributed by atoms with Crippen LogP contribution in [-0.4, -0.2) is 257 Å². The van der Waals surface area contributed by atoms with Gasteiger partial charge < -0.3 is 64.5 Å². The number of likely N-dealkylation sites (N-methyl/N-ethyl adjacent to an activating group) is 7. The second kappa shape index (κ2) is 35.2. The van der Waals surface area contributed by atoms with E-state index in [1.54, 1.807) is 69.2 Å². The highest BCUT2D eigenvalue weighted by atomic mass is 16.6. The van der Waals surface area contributed by atoms with E-state index in [0.717, 1.165) is 17.7 Å². The summed E-state index contributed by atoms with van der Waals surface area (Å²) in [4.78, 5) is 184. The minimum Gasteiger partial charge on any atom is -0.467 e. The molecule has 15 atom stereocenters. The summed E-state index contributed by atoms with van der Waals surface area (Å²) < 4.78 is 17.2. The summed E-state index contributed by atoms with van der Waals surface area (Å²) >= 11 is 0. The molecule has 2 rings (SSSR count). The fraction of sp³-hybridized carbons (Fsp3) is 0.794. The van der Waals surface area contributed by atoms with Crippen molar-refractivity contribution in [2.75, 3.05) is 56.4 Å². The van der Waals surface area contributed by atoms with Gasteiger partial charge in [-0.25, -0.2) is 9.59 Å². The first-order chi connectivity index (χ1) is 43.2. The Kier molecular flexibility index (Phi) is 31.2. The van der Waals surface area contributed by atoms with Crippen LogP contribution in [0.15, 0.2) is 12.7 Å². The second-order valence-corrected chi connectivity index (χ2v) is 29.0. The molecular formula is C68H119N11O15. The summed E-state index contributed by atoms with van der Waals surface area (Å²) in [6.45, 7) is 36.7. The zero-order chi connectivity index (χ0) is 72.8. The summed E-state index contributed by atoms with van der Waals surface area (Å²) in [5.74, 6) is -8.46. The summed E-state index contributed by atoms with van der Waals surface area (Å²) in [5, 5.41) is 8.44. The molecule has 2 heterocycles. The number of hydrogen-bond donors (Lipinski definition) is 3. The average molecular weight is 1330 g/mol. The van der Waals surface area contributed by atoms with Gasteiger partial charge in [-0.2, -0.15) is 0 Å². The molecule has 3 N–H and O–H groups in total. The van der Waals surface area contributed by atoms with Crippen LogP contribution in [0.1, 0.15) is 176 Å². The van der Waals surface area contributed by atoms with Gasteiger partial charge in [0.15, 0.2) is 0 Å². The van der Waals surface area contributed by atoms with Crippen LogP contribution in [0.5, 0.6) is 0 Å². The highest BCUT2D eigenvalue weighted by Gasteiger charge is 2.52. The summed E-state index contributed by atoms with van der Waals surface area (Å²) in [6.07, 6.45) is 1.29. The molecule has 26 nitrogen and oxygen atoms in total. The molecule has 2 aliphatic rings. The van der Waals surface area contributed by atoms with Crippen LogP contribution in [0.4, 0.5) is 4.79 Å². The van der Waals surface area contributed by atoms with E-state index in [1.807, 2.05) is 41.5 Å². The van der Waals surface area contributed by atoms with E-state index < -0.39 is 173 Å². The standard InChI is InChI=1S/C68H119N11O15/c1-29-32-33-40(10)53-52(56(81)70-46(30-2)65(90)92-28)77(26)64(89)51(45(15)93-53)76(25)62(87)49-36-41(11)79(44(14)60(85)74(23)48(35-38(6)7)61(86)75(49)24)58(83)42(12)69-55(80)47(34-37(4)5)73(22)63(88)50(39(8)9)71-57(82)54(68(19,20)31-3)78(27)59(84)43(13)72(21)66(91)94-67(16,17)18/h31,37-54H,3,29-30,32-36H2,1-2,4-28H3,(H,69,80)(H,70,81)(H,71,82)/t40-,41?,42+,43-,44-,45?,46+,47+,48+,49+,50+,51+,52+,53-,54-/m1/s1. The van der Waals surface area contributed by atoms with Crippen molar-refractivity contribution in [3.8, 4) is 0 Å². The topological polar surface area (TPSA) is 295 Å². The Hall–Kier alpha value is -6.86. The fourth-order valence-corrected chi connectivity index (χ4v) is 12.5. The lowest BCUT2D eigenvalue weighted by Gasteiger charge is -2.45. The monoisotopic (exact) mass is 1330 g/mol. The number of carbonyl (C=O) groups excluding carboxylic acids is 12. The minimum atomic E-state index is -1.38. The number of rotatable bonds is 27. The molecule has 0 spiro atoms. The molecular weight excluding hydrogens is 1210 g/mol. The molecule has 94 heavy (non-hydrogen) atoms. The molecule has 536 valence electrons. The number of esters is 1. The van der Waals surface area contributed by atoms with Crippen molar-refractivity contribution in [3.63, 3.8) is 0 Å². The van der Waals surface area contributed by atoms with Gasteiger partial charge >= 0.3 is 12.1 Å². The third kappa shape index (κ3) is 20.6. The predicted molar refractivity (Wildman–Crippen MR) is 358 cm³/mol. The average Bonchev–Trinajstić information content (AvgIpc) is 1.36. The normalized spacial score (nSPS) is 23.2. The van der Waals surface area contributed by atoms with Crippen molar-refractivity contribution >= 4 is 71.1 Å². The second-order valence-electron chi connectivity index (χ2n) is 29.0. The number of amides is 11. The summed E-state index contributed by atoms with van der Waals surface area (Å²) in [5.41, 5.74) is -1.94. The van der Waals surface area contributed by atoms with Crippen molar-refractivity contribution in [2.24, 2.45) is 29.1 Å². The van der Waals surface area contributed by atoms with Gasteiger partial charge in [-0.1, -0.05) is 95.1 Å². The number of hydrogen-bond acceptors (Lipinski definition) is 15. The molecule has 2 unspecified atom stereocenters. The van der Waals surface area contributed by atoms with Gasteiger partial charge in [0, 0.05) is 60.8 Å². The molecule has 2 saturated heterocycles. The van der Waals surface area contributed by atoms with Crippen LogP contribution in [0.3, 0.4) is 0 Å². The van der Waals surface area contributed by atoms with E-state index >= 15 is 14.4 Å². The van der Waals surface area contributed by atoms with E-state index in [1.165, 1.54) is 118 Å². The van der Waals surface area contributed by atoms with Crippen LogP contribution in [0.2, 0.25) is 0 Å². The third-order valence-electron chi connectivity index (χ3n) is 18.5. The number of carbonyl (C=O) groups is 12. The van der Waals surface area contributed by atoms with Crippen molar-refractivity contribution < 1.29 is 71.7 Å². The molecule has 0 aromatic rings. The molecule has 0 radical (unpaired) electrons. The van der Waals surface area contributed by atoms with Gasteiger partial charge in [0.05, 0.1) is 19.3 Å². The van der Waals surface area contributed by atoms with E-state index in [4.69, 9.17) is 14.2 Å². The number of nitrogens with one attached hydrogen (secondary N) is 3. The summed E-state index contributed by atoms with van der Waals surface area (Å²) in [6, 6.07) is -14.6. The Morgan fingerprint density at radius 3 is 1.80 bits per heavy atom. The molecule has 11 amide bonds. The molecule has 0 bridgehead atoms. The van der Waals surface area contributed by atoms with Gasteiger partial charge in [-0.05, 0) is 111 Å². The molecule has 26 heteroatoms. The van der Waals surface area contributed by atoms with Crippen molar-refractivity contribution in [2.45, 2.75) is 267 Å². The quantitative estimate of drug-likeness (QED) is 0.0732. The van der Waals surface area contributed by atoms with Gasteiger partial charge in [-0.3, -0.25) is 52.8 Å². The maximum absolute atomic E-state index is 15.6. The maximum atomic E-state index is 15.6. The number of unbranched alkanes of at least 4 members (excludes halogenated alkanes) is 1. The molecule has 0 aromatic carbocycles. The molecule has 0 saturated carbocycles. The first-order valence-electron chi connectivity index (χ1n) is 33.4.